The minimum absolute atomic E-state index is 0.214. The molecule has 1 saturated heterocycles. The number of likely N-dealkylation sites (N-methyl/N-ethyl adjacent to an activating group) is 1. The van der Waals surface area contributed by atoms with E-state index in [0.29, 0.717) is 29.7 Å². The number of hydrogen-bond donors (Lipinski definition) is 0. The summed E-state index contributed by atoms with van der Waals surface area (Å²) in [6, 6.07) is 8.55. The Morgan fingerprint density at radius 2 is 1.83 bits per heavy atom. The Hall–Kier alpha value is -2.79. The van der Waals surface area contributed by atoms with Gasteiger partial charge in [-0.2, -0.15) is 0 Å². The maximum absolute atomic E-state index is 13.3. The SMILES string of the molecule is CO[C@](C)(C[C@@H](C)C=O)[C@H](O[C@@H]1O[C@H](C)CC(N(C)C)[C@H]1OC(=O)c1ccccc1)[C@@H](C)C1=C(C)C(=O)OC(C)(C)O1. The van der Waals surface area contributed by atoms with Crippen LogP contribution in [-0.2, 0) is 38.0 Å². The van der Waals surface area contributed by atoms with Crippen molar-refractivity contribution in [2.24, 2.45) is 11.8 Å². The number of carbonyl (C=O) groups is 3. The molecule has 8 atom stereocenters. The van der Waals surface area contributed by atoms with Crippen LogP contribution in [0.2, 0.25) is 0 Å². The number of hydrogen-bond acceptors (Lipinski definition) is 10. The number of esters is 2. The summed E-state index contributed by atoms with van der Waals surface area (Å²) >= 11 is 0. The van der Waals surface area contributed by atoms with Crippen LogP contribution in [0.1, 0.15) is 71.7 Å². The number of ether oxygens (including phenoxy) is 6. The minimum Gasteiger partial charge on any atom is -0.456 e. The second-order valence-corrected chi connectivity index (χ2v) is 12.4. The average Bonchev–Trinajstić information content (AvgIpc) is 2.94. The van der Waals surface area contributed by atoms with E-state index in [-0.39, 0.29) is 18.1 Å². The van der Waals surface area contributed by atoms with Crippen LogP contribution in [0.15, 0.2) is 41.7 Å². The summed E-state index contributed by atoms with van der Waals surface area (Å²) in [6.45, 7) is 12.5. The topological polar surface area (TPSA) is 110 Å². The molecule has 1 aromatic carbocycles. The first-order valence-corrected chi connectivity index (χ1v) is 14.5. The lowest BCUT2D eigenvalue weighted by atomic mass is 9.80. The number of methoxy groups -OCH3 is 1. The molecule has 1 aromatic rings. The normalized spacial score (nSPS) is 27.7. The third-order valence-corrected chi connectivity index (χ3v) is 8.05. The van der Waals surface area contributed by atoms with Crippen molar-refractivity contribution in [2.75, 3.05) is 21.2 Å². The van der Waals surface area contributed by atoms with Crippen LogP contribution in [0.4, 0.5) is 0 Å². The molecule has 2 aliphatic heterocycles. The summed E-state index contributed by atoms with van der Waals surface area (Å²) in [5.41, 5.74) is -0.308. The van der Waals surface area contributed by atoms with Gasteiger partial charge in [0, 0.05) is 32.8 Å². The molecule has 42 heavy (non-hydrogen) atoms. The van der Waals surface area contributed by atoms with Crippen molar-refractivity contribution in [3.63, 3.8) is 0 Å². The highest BCUT2D eigenvalue weighted by molar-refractivity contribution is 5.89. The van der Waals surface area contributed by atoms with Gasteiger partial charge in [-0.25, -0.2) is 9.59 Å². The van der Waals surface area contributed by atoms with Gasteiger partial charge in [-0.3, -0.25) is 0 Å². The van der Waals surface area contributed by atoms with Crippen molar-refractivity contribution in [1.82, 2.24) is 4.90 Å². The molecule has 0 saturated carbocycles. The summed E-state index contributed by atoms with van der Waals surface area (Å²) < 4.78 is 37.0. The highest BCUT2D eigenvalue weighted by Gasteiger charge is 2.50. The van der Waals surface area contributed by atoms with E-state index in [4.69, 9.17) is 28.4 Å². The molecule has 10 nitrogen and oxygen atoms in total. The quantitative estimate of drug-likeness (QED) is 0.255. The molecule has 2 aliphatic rings. The Morgan fingerprint density at radius 3 is 2.40 bits per heavy atom. The molecule has 0 aromatic heterocycles. The van der Waals surface area contributed by atoms with Gasteiger partial charge in [0.2, 0.25) is 5.79 Å². The Balaban J connectivity index is 2.08. The van der Waals surface area contributed by atoms with Gasteiger partial charge in [-0.1, -0.05) is 32.0 Å². The predicted octanol–water partition coefficient (Wildman–Crippen LogP) is 4.51. The molecule has 2 heterocycles. The Kier molecular flexibility index (Phi) is 11.0. The van der Waals surface area contributed by atoms with Gasteiger partial charge in [0.05, 0.1) is 35.0 Å². The third kappa shape index (κ3) is 7.78. The van der Waals surface area contributed by atoms with Crippen LogP contribution in [0.25, 0.3) is 0 Å². The molecular formula is C32H47NO9. The molecular weight excluding hydrogens is 542 g/mol. The second kappa shape index (κ2) is 13.7. The fourth-order valence-corrected chi connectivity index (χ4v) is 5.80. The Bertz CT molecular complexity index is 1130. The summed E-state index contributed by atoms with van der Waals surface area (Å²) in [5.74, 6) is -2.68. The zero-order chi connectivity index (χ0) is 31.4. The van der Waals surface area contributed by atoms with Crippen LogP contribution < -0.4 is 0 Å². The largest absolute Gasteiger partial charge is 0.456 e. The molecule has 0 bridgehead atoms. The van der Waals surface area contributed by atoms with Crippen molar-refractivity contribution >= 4 is 18.2 Å². The number of carbonyl (C=O) groups excluding carboxylic acids is 3. The first-order valence-electron chi connectivity index (χ1n) is 14.5. The van der Waals surface area contributed by atoms with E-state index < -0.39 is 47.7 Å². The average molecular weight is 590 g/mol. The molecule has 0 N–H and O–H groups in total. The zero-order valence-corrected chi connectivity index (χ0v) is 26.5. The standard InChI is InChI=1S/C32H47NO9/c1-19(18-34)17-32(7,37-10)27(21(3)25-22(4)28(35)42-31(5,6)41-25)40-30-26(24(33(8)9)16-20(2)38-30)39-29(36)23-14-12-11-13-15-23/h11-15,18-21,24,26-27,30H,16-17H2,1-10H3/t19-,20-,21+,24?,26-,27-,30+,32-/m1/s1. The summed E-state index contributed by atoms with van der Waals surface area (Å²) in [4.78, 5) is 39.8. The minimum atomic E-state index is -1.19. The fraction of sp³-hybridized carbons (Fsp3) is 0.656. The first kappa shape index (κ1) is 33.7. The van der Waals surface area contributed by atoms with Gasteiger partial charge < -0.3 is 38.1 Å². The van der Waals surface area contributed by atoms with E-state index in [2.05, 4.69) is 0 Å². The van der Waals surface area contributed by atoms with Gasteiger partial charge in [0.15, 0.2) is 12.4 Å². The highest BCUT2D eigenvalue weighted by Crippen LogP contribution is 2.41. The van der Waals surface area contributed by atoms with Crippen LogP contribution in [0, 0.1) is 11.8 Å². The van der Waals surface area contributed by atoms with E-state index >= 15 is 0 Å². The molecule has 10 heteroatoms. The molecule has 3 rings (SSSR count). The number of cyclic esters (lactones) is 1. The van der Waals surface area contributed by atoms with Crippen molar-refractivity contribution < 1.29 is 42.8 Å². The van der Waals surface area contributed by atoms with Gasteiger partial charge >= 0.3 is 11.9 Å². The lowest BCUT2D eigenvalue weighted by molar-refractivity contribution is -0.297. The predicted molar refractivity (Wildman–Crippen MR) is 155 cm³/mol. The van der Waals surface area contributed by atoms with E-state index in [1.165, 1.54) is 0 Å². The molecule has 0 spiro atoms. The third-order valence-electron chi connectivity index (χ3n) is 8.05. The first-order chi connectivity index (χ1) is 19.6. The maximum Gasteiger partial charge on any atom is 0.340 e. The number of benzene rings is 1. The highest BCUT2D eigenvalue weighted by atomic mass is 16.7. The lowest BCUT2D eigenvalue weighted by Crippen LogP contribution is -2.59. The number of rotatable bonds is 12. The van der Waals surface area contributed by atoms with E-state index in [0.717, 1.165) is 6.29 Å². The lowest BCUT2D eigenvalue weighted by Gasteiger charge is -2.48. The van der Waals surface area contributed by atoms with Gasteiger partial charge in [0.25, 0.3) is 0 Å². The fourth-order valence-electron chi connectivity index (χ4n) is 5.80. The molecule has 1 fully saturated rings. The monoisotopic (exact) mass is 589 g/mol. The van der Waals surface area contributed by atoms with Gasteiger partial charge in [0.1, 0.15) is 12.0 Å². The summed E-state index contributed by atoms with van der Waals surface area (Å²) in [5, 5.41) is 0. The maximum atomic E-state index is 13.3. The zero-order valence-electron chi connectivity index (χ0n) is 26.5. The van der Waals surface area contributed by atoms with Crippen molar-refractivity contribution in [3.05, 3.63) is 47.2 Å². The van der Waals surface area contributed by atoms with Crippen molar-refractivity contribution in [1.29, 1.82) is 0 Å². The number of nitrogens with zero attached hydrogens (tertiary/aromatic N) is 1. The molecule has 0 aliphatic carbocycles. The summed E-state index contributed by atoms with van der Waals surface area (Å²) in [6.07, 6.45) is -1.01. The van der Waals surface area contributed by atoms with E-state index in [1.807, 2.05) is 45.8 Å². The van der Waals surface area contributed by atoms with Crippen molar-refractivity contribution in [3.8, 4) is 0 Å². The molecule has 234 valence electrons. The Labute approximate surface area is 249 Å². The van der Waals surface area contributed by atoms with Crippen LogP contribution in [-0.4, -0.2) is 86.4 Å². The van der Waals surface area contributed by atoms with E-state index in [9.17, 15) is 14.4 Å². The van der Waals surface area contributed by atoms with Crippen molar-refractivity contribution in [2.45, 2.75) is 103 Å². The van der Waals surface area contributed by atoms with Crippen LogP contribution in [0.3, 0.4) is 0 Å². The smallest absolute Gasteiger partial charge is 0.340 e. The molecule has 0 radical (unpaired) electrons. The second-order valence-electron chi connectivity index (χ2n) is 12.4. The Morgan fingerprint density at radius 1 is 1.19 bits per heavy atom. The van der Waals surface area contributed by atoms with Crippen LogP contribution >= 0.6 is 0 Å². The van der Waals surface area contributed by atoms with E-state index in [1.54, 1.807) is 59.1 Å². The summed E-state index contributed by atoms with van der Waals surface area (Å²) in [7, 11) is 5.40. The van der Waals surface area contributed by atoms with Gasteiger partial charge in [-0.15, -0.1) is 0 Å². The molecule has 0 amide bonds. The van der Waals surface area contributed by atoms with Crippen LogP contribution in [0.5, 0.6) is 0 Å². The number of aldehydes is 1. The molecule has 1 unspecified atom stereocenters. The van der Waals surface area contributed by atoms with Gasteiger partial charge in [-0.05, 0) is 59.8 Å².